The molecule has 180 valence electrons. The van der Waals surface area contributed by atoms with Crippen LogP contribution in [0.3, 0.4) is 0 Å². The third kappa shape index (κ3) is 3.12. The van der Waals surface area contributed by atoms with Gasteiger partial charge in [0.1, 0.15) is 0 Å². The van der Waals surface area contributed by atoms with Crippen molar-refractivity contribution in [3.8, 4) is 5.69 Å². The van der Waals surface area contributed by atoms with Gasteiger partial charge in [0.25, 0.3) is 0 Å². The maximum Gasteiger partial charge on any atom is 0.0582 e. The molecule has 1 aromatic heterocycles. The van der Waals surface area contributed by atoms with E-state index in [2.05, 4.69) is 146 Å². The first kappa shape index (κ1) is 21.9. The summed E-state index contributed by atoms with van der Waals surface area (Å²) < 4.78 is 2.48. The van der Waals surface area contributed by atoms with Crippen molar-refractivity contribution in [2.75, 3.05) is 4.90 Å². The summed E-state index contributed by atoms with van der Waals surface area (Å²) in [6.45, 7) is 9.03. The molecule has 5 aromatic carbocycles. The van der Waals surface area contributed by atoms with Crippen LogP contribution in [0.2, 0.25) is 0 Å². The minimum absolute atomic E-state index is 0.0571. The number of hydrogen-bond acceptors (Lipinski definition) is 1. The Balaban J connectivity index is 1.54. The quantitative estimate of drug-likeness (QED) is 0.246. The molecule has 0 spiro atoms. The smallest absolute Gasteiger partial charge is 0.0582 e. The standard InChI is InChI=1S/C35H30N2/c1-23-16-18-25(19-17-23)36(31-14-7-5-10-24(31)2)26-20-21-32-28(22-26)27-11-9-13-30-34(27)37(32)33-15-8-6-12-29(33)35(30,3)4/h5-22H,1-4H3. The molecule has 2 heterocycles. The van der Waals surface area contributed by atoms with Gasteiger partial charge < -0.3 is 9.47 Å². The van der Waals surface area contributed by atoms with Gasteiger partial charge >= 0.3 is 0 Å². The van der Waals surface area contributed by atoms with E-state index in [9.17, 15) is 0 Å². The molecule has 0 radical (unpaired) electrons. The lowest BCUT2D eigenvalue weighted by atomic mass is 9.75. The average molecular weight is 479 g/mol. The molecular weight excluding hydrogens is 448 g/mol. The summed E-state index contributed by atoms with van der Waals surface area (Å²) in [7, 11) is 0. The topological polar surface area (TPSA) is 8.17 Å². The van der Waals surface area contributed by atoms with Crippen molar-refractivity contribution < 1.29 is 0 Å². The van der Waals surface area contributed by atoms with Gasteiger partial charge in [-0.25, -0.2) is 0 Å². The van der Waals surface area contributed by atoms with E-state index in [-0.39, 0.29) is 5.41 Å². The highest BCUT2D eigenvalue weighted by molar-refractivity contribution is 6.12. The van der Waals surface area contributed by atoms with Crippen LogP contribution in [0.4, 0.5) is 17.1 Å². The third-order valence-corrected chi connectivity index (χ3v) is 8.17. The van der Waals surface area contributed by atoms with Crippen molar-refractivity contribution in [3.63, 3.8) is 0 Å². The van der Waals surface area contributed by atoms with Crippen molar-refractivity contribution >= 4 is 38.9 Å². The maximum atomic E-state index is 2.48. The second kappa shape index (κ2) is 7.85. The van der Waals surface area contributed by atoms with Crippen LogP contribution in [0.15, 0.2) is 109 Å². The number of fused-ring (bicyclic) bond motifs is 5. The van der Waals surface area contributed by atoms with Gasteiger partial charge in [-0.2, -0.15) is 0 Å². The molecule has 6 aromatic rings. The van der Waals surface area contributed by atoms with Gasteiger partial charge in [-0.1, -0.05) is 86.1 Å². The first-order chi connectivity index (χ1) is 17.9. The molecular formula is C35H30N2. The summed E-state index contributed by atoms with van der Waals surface area (Å²) in [5.74, 6) is 0. The molecule has 0 atom stereocenters. The molecule has 0 N–H and O–H groups in total. The number of aryl methyl sites for hydroxylation is 2. The summed E-state index contributed by atoms with van der Waals surface area (Å²) in [4.78, 5) is 2.39. The Kier molecular flexibility index (Phi) is 4.65. The lowest BCUT2D eigenvalue weighted by Gasteiger charge is -2.34. The zero-order chi connectivity index (χ0) is 25.3. The number of para-hydroxylation sites is 3. The van der Waals surface area contributed by atoms with E-state index >= 15 is 0 Å². The van der Waals surface area contributed by atoms with Crippen LogP contribution >= 0.6 is 0 Å². The van der Waals surface area contributed by atoms with E-state index in [0.717, 1.165) is 0 Å². The van der Waals surface area contributed by atoms with E-state index in [4.69, 9.17) is 0 Å². The molecule has 37 heavy (non-hydrogen) atoms. The molecule has 2 heteroatoms. The van der Waals surface area contributed by atoms with Gasteiger partial charge in [0.15, 0.2) is 0 Å². The number of rotatable bonds is 3. The Bertz CT molecular complexity index is 1820. The molecule has 2 nitrogen and oxygen atoms in total. The van der Waals surface area contributed by atoms with Crippen molar-refractivity contribution in [1.29, 1.82) is 0 Å². The zero-order valence-corrected chi connectivity index (χ0v) is 21.8. The number of nitrogens with zero attached hydrogens (tertiary/aromatic N) is 2. The van der Waals surface area contributed by atoms with Gasteiger partial charge in [0.05, 0.1) is 16.7 Å². The Morgan fingerprint density at radius 3 is 2.14 bits per heavy atom. The van der Waals surface area contributed by atoms with Crippen LogP contribution in [0, 0.1) is 13.8 Å². The summed E-state index contributed by atoms with van der Waals surface area (Å²) in [6.07, 6.45) is 0. The van der Waals surface area contributed by atoms with Crippen LogP contribution < -0.4 is 4.90 Å². The zero-order valence-electron chi connectivity index (χ0n) is 21.8. The summed E-state index contributed by atoms with van der Waals surface area (Å²) in [5, 5.41) is 2.60. The molecule has 7 rings (SSSR count). The highest BCUT2D eigenvalue weighted by Crippen LogP contribution is 2.48. The average Bonchev–Trinajstić information content (AvgIpc) is 3.24. The maximum absolute atomic E-state index is 2.48. The van der Waals surface area contributed by atoms with Gasteiger partial charge in [-0.05, 0) is 73.0 Å². The minimum atomic E-state index is -0.0571. The van der Waals surface area contributed by atoms with E-state index in [1.165, 1.54) is 66.8 Å². The molecule has 1 aliphatic rings. The minimum Gasteiger partial charge on any atom is -0.310 e. The third-order valence-electron chi connectivity index (χ3n) is 8.17. The van der Waals surface area contributed by atoms with Gasteiger partial charge in [0.2, 0.25) is 0 Å². The second-order valence-electron chi connectivity index (χ2n) is 10.8. The van der Waals surface area contributed by atoms with Gasteiger partial charge in [-0.3, -0.25) is 0 Å². The molecule has 0 amide bonds. The molecule has 0 saturated heterocycles. The SMILES string of the molecule is Cc1ccc(N(c2ccc3c(c2)c2cccc4c2n3-c2ccccc2C4(C)C)c2ccccc2C)cc1. The fourth-order valence-corrected chi connectivity index (χ4v) is 6.23. The monoisotopic (exact) mass is 478 g/mol. The Morgan fingerprint density at radius 1 is 0.622 bits per heavy atom. The van der Waals surface area contributed by atoms with Crippen LogP contribution in [-0.2, 0) is 5.41 Å². The highest BCUT2D eigenvalue weighted by atomic mass is 15.1. The number of anilines is 3. The van der Waals surface area contributed by atoms with Crippen LogP contribution in [-0.4, -0.2) is 4.57 Å². The van der Waals surface area contributed by atoms with Crippen molar-refractivity contribution in [3.05, 3.63) is 131 Å². The van der Waals surface area contributed by atoms with Crippen LogP contribution in [0.1, 0.15) is 36.1 Å². The summed E-state index contributed by atoms with van der Waals surface area (Å²) in [6, 6.07) is 40.1. The Morgan fingerprint density at radius 2 is 1.32 bits per heavy atom. The predicted molar refractivity (Wildman–Crippen MR) is 157 cm³/mol. The number of aromatic nitrogens is 1. The lowest BCUT2D eigenvalue weighted by molar-refractivity contribution is 0.630. The normalized spacial score (nSPS) is 13.6. The van der Waals surface area contributed by atoms with Crippen molar-refractivity contribution in [1.82, 2.24) is 4.57 Å². The van der Waals surface area contributed by atoms with Crippen molar-refractivity contribution in [2.24, 2.45) is 0 Å². The van der Waals surface area contributed by atoms with Crippen molar-refractivity contribution in [2.45, 2.75) is 33.1 Å². The first-order valence-electron chi connectivity index (χ1n) is 13.0. The molecule has 0 aliphatic carbocycles. The summed E-state index contributed by atoms with van der Waals surface area (Å²) >= 11 is 0. The van der Waals surface area contributed by atoms with E-state index in [0.29, 0.717) is 0 Å². The van der Waals surface area contributed by atoms with E-state index < -0.39 is 0 Å². The number of hydrogen-bond donors (Lipinski definition) is 0. The first-order valence-corrected chi connectivity index (χ1v) is 13.0. The number of benzene rings is 5. The predicted octanol–water partition coefficient (Wildman–Crippen LogP) is 9.51. The van der Waals surface area contributed by atoms with Gasteiger partial charge in [0, 0.05) is 33.2 Å². The van der Waals surface area contributed by atoms with E-state index in [1.807, 2.05) is 0 Å². The highest BCUT2D eigenvalue weighted by Gasteiger charge is 2.34. The Hall–Kier alpha value is -4.30. The summed E-state index contributed by atoms with van der Waals surface area (Å²) in [5.41, 5.74) is 12.6. The Labute approximate surface area is 218 Å². The molecule has 0 fully saturated rings. The van der Waals surface area contributed by atoms with E-state index in [1.54, 1.807) is 0 Å². The van der Waals surface area contributed by atoms with Gasteiger partial charge in [-0.15, -0.1) is 0 Å². The second-order valence-corrected chi connectivity index (χ2v) is 10.8. The fraction of sp³-hybridized carbons (Fsp3) is 0.143. The molecule has 0 unspecified atom stereocenters. The molecule has 1 aliphatic heterocycles. The van der Waals surface area contributed by atoms with Crippen LogP contribution in [0.25, 0.3) is 27.5 Å². The van der Waals surface area contributed by atoms with Crippen LogP contribution in [0.5, 0.6) is 0 Å². The molecule has 0 bridgehead atoms. The molecule has 0 saturated carbocycles. The lowest BCUT2D eigenvalue weighted by Crippen LogP contribution is -2.26. The largest absolute Gasteiger partial charge is 0.310 e. The fourth-order valence-electron chi connectivity index (χ4n) is 6.23.